The molecule has 2 heterocycles. The van der Waals surface area contributed by atoms with Gasteiger partial charge in [-0.25, -0.2) is 4.98 Å². The highest BCUT2D eigenvalue weighted by Gasteiger charge is 2.42. The fourth-order valence-corrected chi connectivity index (χ4v) is 4.06. The molecule has 146 valence electrons. The molecule has 0 saturated heterocycles. The summed E-state index contributed by atoms with van der Waals surface area (Å²) in [6.07, 6.45) is -1.58. The summed E-state index contributed by atoms with van der Waals surface area (Å²) in [5.74, 6) is -0.570. The number of amides is 1. The minimum absolute atomic E-state index is 0.0732. The summed E-state index contributed by atoms with van der Waals surface area (Å²) < 4.78 is 43.9. The zero-order valence-corrected chi connectivity index (χ0v) is 15.6. The van der Waals surface area contributed by atoms with E-state index in [1.54, 1.807) is 31.3 Å². The highest BCUT2D eigenvalue weighted by atomic mass is 32.2. The molecule has 1 amide bonds. The Morgan fingerprint density at radius 1 is 1.41 bits per heavy atom. The molecule has 2 aromatic rings. The van der Waals surface area contributed by atoms with Gasteiger partial charge in [0, 0.05) is 24.1 Å². The number of nitrogens with one attached hydrogen (secondary N) is 1. The second-order valence-electron chi connectivity index (χ2n) is 6.65. The van der Waals surface area contributed by atoms with Crippen molar-refractivity contribution < 1.29 is 22.5 Å². The summed E-state index contributed by atoms with van der Waals surface area (Å²) in [5, 5.41) is 7.17. The molecule has 3 rings (SSSR count). The van der Waals surface area contributed by atoms with E-state index >= 15 is 0 Å². The predicted octanol–water partition coefficient (Wildman–Crippen LogP) is 4.52. The number of hydrogen-bond acceptors (Lipinski definition) is 5. The fraction of sp³-hybridized carbons (Fsp3) is 0.500. The standard InChI is InChI=1S/C18H20F3N3O2S/c1-11-8-14(24-26-11)10-27-17-15(6-3-7-22-17)16(25)23-13-5-2-4-12(9-13)18(19,20)21/h3,6-8,12-13H,2,4-5,9-10H2,1H3,(H,23,25)/t12-,13-/m0/s1. The maximum absolute atomic E-state index is 13.0. The van der Waals surface area contributed by atoms with E-state index in [4.69, 9.17) is 4.52 Å². The van der Waals surface area contributed by atoms with Gasteiger partial charge in [-0.15, -0.1) is 0 Å². The second kappa shape index (κ2) is 8.33. The Hall–Kier alpha value is -2.03. The third-order valence-electron chi connectivity index (χ3n) is 4.52. The van der Waals surface area contributed by atoms with Crippen molar-refractivity contribution in [1.29, 1.82) is 0 Å². The number of rotatable bonds is 5. The number of carbonyl (C=O) groups excluding carboxylic acids is 1. The summed E-state index contributed by atoms with van der Waals surface area (Å²) >= 11 is 1.33. The smallest absolute Gasteiger partial charge is 0.361 e. The molecule has 5 nitrogen and oxygen atoms in total. The van der Waals surface area contributed by atoms with E-state index < -0.39 is 24.0 Å². The molecule has 0 spiro atoms. The van der Waals surface area contributed by atoms with Gasteiger partial charge in [-0.05, 0) is 38.3 Å². The SMILES string of the molecule is Cc1cc(CSc2ncccc2C(=O)N[C@H]2CCC[C@H](C(F)(F)F)C2)no1. The van der Waals surface area contributed by atoms with Crippen molar-refractivity contribution in [1.82, 2.24) is 15.5 Å². The van der Waals surface area contributed by atoms with Gasteiger partial charge in [0.15, 0.2) is 0 Å². The van der Waals surface area contributed by atoms with Crippen LogP contribution in [-0.4, -0.2) is 28.3 Å². The lowest BCUT2D eigenvalue weighted by Gasteiger charge is -2.31. The van der Waals surface area contributed by atoms with Gasteiger partial charge in [-0.1, -0.05) is 23.3 Å². The zero-order valence-electron chi connectivity index (χ0n) is 14.8. The number of aromatic nitrogens is 2. The lowest BCUT2D eigenvalue weighted by molar-refractivity contribution is -0.183. The van der Waals surface area contributed by atoms with Crippen LogP contribution in [0.3, 0.4) is 0 Å². The van der Waals surface area contributed by atoms with Crippen molar-refractivity contribution in [3.63, 3.8) is 0 Å². The maximum atomic E-state index is 13.0. The molecule has 0 aromatic carbocycles. The molecule has 1 aliphatic rings. The highest BCUT2D eigenvalue weighted by Crippen LogP contribution is 2.37. The molecule has 2 aromatic heterocycles. The average molecular weight is 399 g/mol. The van der Waals surface area contributed by atoms with Crippen LogP contribution in [-0.2, 0) is 5.75 Å². The molecule has 2 atom stereocenters. The van der Waals surface area contributed by atoms with Crippen molar-refractivity contribution in [2.75, 3.05) is 0 Å². The van der Waals surface area contributed by atoms with Crippen LogP contribution in [0, 0.1) is 12.8 Å². The van der Waals surface area contributed by atoms with Crippen molar-refractivity contribution in [3.8, 4) is 0 Å². The number of alkyl halides is 3. The van der Waals surface area contributed by atoms with Crippen molar-refractivity contribution in [3.05, 3.63) is 41.4 Å². The number of nitrogens with zero attached hydrogens (tertiary/aromatic N) is 2. The Bertz CT molecular complexity index is 794. The quantitative estimate of drug-likeness (QED) is 0.749. The molecule has 0 bridgehead atoms. The average Bonchev–Trinajstić information content (AvgIpc) is 3.05. The Labute approximate surface area is 159 Å². The highest BCUT2D eigenvalue weighted by molar-refractivity contribution is 7.98. The van der Waals surface area contributed by atoms with Gasteiger partial charge in [0.25, 0.3) is 5.91 Å². The first-order valence-corrected chi connectivity index (χ1v) is 9.69. The molecular formula is C18H20F3N3O2S. The lowest BCUT2D eigenvalue weighted by atomic mass is 9.85. The van der Waals surface area contributed by atoms with Crippen LogP contribution in [0.25, 0.3) is 0 Å². The second-order valence-corrected chi connectivity index (χ2v) is 7.61. The normalized spacial score (nSPS) is 20.4. The monoisotopic (exact) mass is 399 g/mol. The van der Waals surface area contributed by atoms with Crippen molar-refractivity contribution in [2.45, 2.75) is 55.6 Å². The fourth-order valence-electron chi connectivity index (χ4n) is 3.19. The molecule has 27 heavy (non-hydrogen) atoms. The van der Waals surface area contributed by atoms with Crippen LogP contribution in [0.1, 0.15) is 47.5 Å². The molecule has 1 fully saturated rings. The predicted molar refractivity (Wildman–Crippen MR) is 94.3 cm³/mol. The molecule has 1 saturated carbocycles. The number of pyridine rings is 1. The summed E-state index contributed by atoms with van der Waals surface area (Å²) in [6, 6.07) is 4.59. The number of halogens is 3. The number of carbonyl (C=O) groups is 1. The maximum Gasteiger partial charge on any atom is 0.391 e. The Morgan fingerprint density at radius 2 is 2.22 bits per heavy atom. The molecule has 1 N–H and O–H groups in total. The topological polar surface area (TPSA) is 68.0 Å². The molecule has 9 heteroatoms. The third kappa shape index (κ3) is 5.24. The minimum atomic E-state index is -4.21. The molecular weight excluding hydrogens is 379 g/mol. The summed E-state index contributed by atoms with van der Waals surface area (Å²) in [4.78, 5) is 16.9. The van der Waals surface area contributed by atoms with E-state index in [0.717, 1.165) is 5.69 Å². The van der Waals surface area contributed by atoms with Gasteiger partial charge in [0.05, 0.1) is 17.2 Å². The van der Waals surface area contributed by atoms with Gasteiger partial charge < -0.3 is 9.84 Å². The van der Waals surface area contributed by atoms with Gasteiger partial charge in [0.2, 0.25) is 0 Å². The summed E-state index contributed by atoms with van der Waals surface area (Å²) in [6.45, 7) is 1.79. The van der Waals surface area contributed by atoms with Crippen LogP contribution in [0.15, 0.2) is 33.9 Å². The van der Waals surface area contributed by atoms with Crippen molar-refractivity contribution >= 4 is 17.7 Å². The Kier molecular flexibility index (Phi) is 6.08. The van der Waals surface area contributed by atoms with Gasteiger partial charge in [-0.2, -0.15) is 13.2 Å². The Morgan fingerprint density at radius 3 is 2.93 bits per heavy atom. The number of thioether (sulfide) groups is 1. The zero-order chi connectivity index (χ0) is 19.4. The van der Waals surface area contributed by atoms with Gasteiger partial charge in [-0.3, -0.25) is 4.79 Å². The first kappa shape index (κ1) is 19.7. The van der Waals surface area contributed by atoms with Crippen molar-refractivity contribution in [2.24, 2.45) is 5.92 Å². The third-order valence-corrected chi connectivity index (χ3v) is 5.56. The molecule has 1 aliphatic carbocycles. The van der Waals surface area contributed by atoms with Crippen LogP contribution >= 0.6 is 11.8 Å². The largest absolute Gasteiger partial charge is 0.391 e. The molecule has 0 aliphatic heterocycles. The first-order valence-electron chi connectivity index (χ1n) is 8.70. The number of hydrogen-bond donors (Lipinski definition) is 1. The van der Waals surface area contributed by atoms with Crippen LogP contribution in [0.2, 0.25) is 0 Å². The van der Waals surface area contributed by atoms with E-state index in [1.165, 1.54) is 11.8 Å². The van der Waals surface area contributed by atoms with E-state index in [-0.39, 0.29) is 12.8 Å². The van der Waals surface area contributed by atoms with E-state index in [2.05, 4.69) is 15.5 Å². The number of aryl methyl sites for hydroxylation is 1. The van der Waals surface area contributed by atoms with Crippen LogP contribution < -0.4 is 5.32 Å². The summed E-state index contributed by atoms with van der Waals surface area (Å²) in [5.41, 5.74) is 1.09. The van der Waals surface area contributed by atoms with E-state index in [1.807, 2.05) is 0 Å². The first-order chi connectivity index (χ1) is 12.8. The Balaban J connectivity index is 1.64. The van der Waals surface area contributed by atoms with E-state index in [0.29, 0.717) is 34.9 Å². The van der Waals surface area contributed by atoms with Gasteiger partial charge >= 0.3 is 6.18 Å². The summed E-state index contributed by atoms with van der Waals surface area (Å²) in [7, 11) is 0. The molecule has 0 radical (unpaired) electrons. The van der Waals surface area contributed by atoms with Crippen LogP contribution in [0.5, 0.6) is 0 Å². The van der Waals surface area contributed by atoms with Crippen LogP contribution in [0.4, 0.5) is 13.2 Å². The minimum Gasteiger partial charge on any atom is -0.361 e. The van der Waals surface area contributed by atoms with E-state index in [9.17, 15) is 18.0 Å². The molecule has 0 unspecified atom stereocenters. The van der Waals surface area contributed by atoms with Gasteiger partial charge in [0.1, 0.15) is 10.8 Å². The lowest BCUT2D eigenvalue weighted by Crippen LogP contribution is -2.41.